The lowest BCUT2D eigenvalue weighted by Gasteiger charge is -2.22. The van der Waals surface area contributed by atoms with Crippen molar-refractivity contribution in [1.29, 1.82) is 0 Å². The van der Waals surface area contributed by atoms with Crippen molar-refractivity contribution in [3.63, 3.8) is 0 Å². The smallest absolute Gasteiger partial charge is 0.297 e. The molecule has 0 aliphatic carbocycles. The predicted octanol–water partition coefficient (Wildman–Crippen LogP) is 2.57. The van der Waals surface area contributed by atoms with Crippen molar-refractivity contribution < 1.29 is 8.78 Å². The number of aromatic nitrogens is 2. The quantitative estimate of drug-likeness (QED) is 0.842. The largest absolute Gasteiger partial charge is 0.358 e. The molecule has 0 spiro atoms. The molecule has 0 aliphatic heterocycles. The van der Waals surface area contributed by atoms with Crippen molar-refractivity contribution in [3.8, 4) is 0 Å². The molecule has 108 valence electrons. The molecule has 4 nitrogen and oxygen atoms in total. The van der Waals surface area contributed by atoms with Crippen LogP contribution >= 0.6 is 0 Å². The second kappa shape index (κ2) is 6.09. The number of nitrogens with zero attached hydrogens (tertiary/aromatic N) is 4. The first-order valence-corrected chi connectivity index (χ1v) is 6.39. The second-order valence-electron chi connectivity index (χ2n) is 4.95. The van der Waals surface area contributed by atoms with Crippen molar-refractivity contribution >= 4 is 16.7 Å². The van der Waals surface area contributed by atoms with Crippen molar-refractivity contribution in [3.05, 3.63) is 30.1 Å². The summed E-state index contributed by atoms with van der Waals surface area (Å²) in [5, 5.41) is 0.790. The van der Waals surface area contributed by atoms with Gasteiger partial charge in [0, 0.05) is 25.5 Å². The third kappa shape index (κ3) is 3.19. The van der Waals surface area contributed by atoms with Crippen molar-refractivity contribution in [2.24, 2.45) is 0 Å². The van der Waals surface area contributed by atoms with Crippen molar-refractivity contribution in [2.75, 3.05) is 39.1 Å². The summed E-state index contributed by atoms with van der Waals surface area (Å²) in [6.45, 7) is 1.52. The maximum absolute atomic E-state index is 12.9. The summed E-state index contributed by atoms with van der Waals surface area (Å²) in [7, 11) is 5.79. The number of para-hydroxylation sites is 1. The number of rotatable bonds is 5. The van der Waals surface area contributed by atoms with Crippen LogP contribution in [0.25, 0.3) is 10.9 Å². The lowest BCUT2D eigenvalue weighted by atomic mass is 10.2. The first kappa shape index (κ1) is 14.6. The summed E-state index contributed by atoms with van der Waals surface area (Å²) < 4.78 is 25.8. The van der Waals surface area contributed by atoms with E-state index in [1.54, 1.807) is 12.1 Å². The third-order valence-electron chi connectivity index (χ3n) is 3.04. The van der Waals surface area contributed by atoms with Gasteiger partial charge in [-0.25, -0.2) is 18.7 Å². The fraction of sp³-hybridized carbons (Fsp3) is 0.429. The number of halogens is 2. The Hall–Kier alpha value is -1.82. The zero-order valence-electron chi connectivity index (χ0n) is 11.8. The molecule has 0 unspecified atom stereocenters. The standard InChI is InChI=1S/C14H18F2N4/c1-19(2)8-9-20(3)14-10-6-4-5-7-11(10)17-13(18-14)12(15)16/h4-7,12H,8-9H2,1-3H3. The molecular formula is C14H18F2N4. The Morgan fingerprint density at radius 1 is 1.05 bits per heavy atom. The SMILES string of the molecule is CN(C)CCN(C)c1nc(C(F)F)nc2ccccc12. The highest BCUT2D eigenvalue weighted by molar-refractivity contribution is 5.89. The van der Waals surface area contributed by atoms with Gasteiger partial charge in [0.2, 0.25) is 0 Å². The Labute approximate surface area is 117 Å². The van der Waals surface area contributed by atoms with Crippen LogP contribution in [-0.4, -0.2) is 49.1 Å². The number of hydrogen-bond donors (Lipinski definition) is 0. The number of benzene rings is 1. The van der Waals surface area contributed by atoms with Crippen LogP contribution in [0, 0.1) is 0 Å². The highest BCUT2D eigenvalue weighted by atomic mass is 19.3. The van der Waals surface area contributed by atoms with Gasteiger partial charge in [-0.1, -0.05) is 12.1 Å². The number of hydrogen-bond acceptors (Lipinski definition) is 4. The number of alkyl halides is 2. The van der Waals surface area contributed by atoms with E-state index in [2.05, 4.69) is 9.97 Å². The van der Waals surface area contributed by atoms with Gasteiger partial charge in [-0.2, -0.15) is 0 Å². The molecule has 0 saturated carbocycles. The van der Waals surface area contributed by atoms with Gasteiger partial charge in [-0.05, 0) is 26.2 Å². The van der Waals surface area contributed by atoms with E-state index in [0.29, 0.717) is 17.9 Å². The minimum Gasteiger partial charge on any atom is -0.358 e. The third-order valence-corrected chi connectivity index (χ3v) is 3.04. The highest BCUT2D eigenvalue weighted by Gasteiger charge is 2.17. The van der Waals surface area contributed by atoms with E-state index in [-0.39, 0.29) is 0 Å². The summed E-state index contributed by atoms with van der Waals surface area (Å²) in [6, 6.07) is 7.23. The molecule has 0 amide bonds. The zero-order valence-corrected chi connectivity index (χ0v) is 11.8. The van der Waals surface area contributed by atoms with Gasteiger partial charge in [-0.3, -0.25) is 0 Å². The molecule has 1 aromatic heterocycles. The zero-order chi connectivity index (χ0) is 14.7. The summed E-state index contributed by atoms with van der Waals surface area (Å²) in [5.41, 5.74) is 0.546. The maximum atomic E-state index is 12.9. The number of fused-ring (bicyclic) bond motifs is 1. The first-order valence-electron chi connectivity index (χ1n) is 6.39. The Balaban J connectivity index is 2.43. The molecule has 0 N–H and O–H groups in total. The summed E-state index contributed by atoms with van der Waals surface area (Å²) in [4.78, 5) is 11.9. The molecule has 2 rings (SSSR count). The van der Waals surface area contributed by atoms with E-state index in [1.807, 2.05) is 43.1 Å². The lowest BCUT2D eigenvalue weighted by molar-refractivity contribution is 0.141. The normalized spacial score (nSPS) is 11.6. The predicted molar refractivity (Wildman–Crippen MR) is 76.3 cm³/mol. The van der Waals surface area contributed by atoms with Crippen LogP contribution in [0.4, 0.5) is 14.6 Å². The fourth-order valence-corrected chi connectivity index (χ4v) is 1.92. The van der Waals surface area contributed by atoms with E-state index in [1.165, 1.54) is 0 Å². The van der Waals surface area contributed by atoms with Crippen molar-refractivity contribution in [1.82, 2.24) is 14.9 Å². The summed E-state index contributed by atoms with van der Waals surface area (Å²) >= 11 is 0. The minimum atomic E-state index is -2.67. The molecule has 0 radical (unpaired) electrons. The van der Waals surface area contributed by atoms with Crippen LogP contribution in [0.15, 0.2) is 24.3 Å². The van der Waals surface area contributed by atoms with Gasteiger partial charge < -0.3 is 9.80 Å². The van der Waals surface area contributed by atoms with E-state index in [4.69, 9.17) is 0 Å². The maximum Gasteiger partial charge on any atom is 0.297 e. The molecule has 1 aromatic carbocycles. The van der Waals surface area contributed by atoms with Crippen molar-refractivity contribution in [2.45, 2.75) is 6.43 Å². The highest BCUT2D eigenvalue weighted by Crippen LogP contribution is 2.26. The van der Waals surface area contributed by atoms with Gasteiger partial charge in [0.25, 0.3) is 6.43 Å². The molecular weight excluding hydrogens is 262 g/mol. The van der Waals surface area contributed by atoms with E-state index < -0.39 is 12.2 Å². The van der Waals surface area contributed by atoms with E-state index in [0.717, 1.165) is 11.9 Å². The molecule has 2 aromatic rings. The van der Waals surface area contributed by atoms with Crippen LogP contribution in [0.1, 0.15) is 12.2 Å². The second-order valence-corrected chi connectivity index (χ2v) is 4.95. The fourth-order valence-electron chi connectivity index (χ4n) is 1.92. The van der Waals surface area contributed by atoms with Crippen LogP contribution in [0.2, 0.25) is 0 Å². The molecule has 20 heavy (non-hydrogen) atoms. The Bertz CT molecular complexity index is 586. The average Bonchev–Trinajstić information content (AvgIpc) is 2.43. The van der Waals surface area contributed by atoms with Gasteiger partial charge in [-0.15, -0.1) is 0 Å². The number of likely N-dealkylation sites (N-methyl/N-ethyl adjacent to an activating group) is 2. The van der Waals surface area contributed by atoms with Gasteiger partial charge in [0.1, 0.15) is 5.82 Å². The summed E-state index contributed by atoms with van der Waals surface area (Å²) in [6.07, 6.45) is -2.67. The van der Waals surface area contributed by atoms with Gasteiger partial charge in [0.05, 0.1) is 5.52 Å². The van der Waals surface area contributed by atoms with Gasteiger partial charge >= 0.3 is 0 Å². The summed E-state index contributed by atoms with van der Waals surface area (Å²) in [5.74, 6) is 0.128. The molecule has 0 saturated heterocycles. The molecule has 1 heterocycles. The Kier molecular flexibility index (Phi) is 4.44. The first-order chi connectivity index (χ1) is 9.49. The molecule has 0 fully saturated rings. The topological polar surface area (TPSA) is 32.3 Å². The van der Waals surface area contributed by atoms with E-state index >= 15 is 0 Å². The molecule has 6 heteroatoms. The van der Waals surface area contributed by atoms with Crippen LogP contribution in [-0.2, 0) is 0 Å². The molecule has 0 aliphatic rings. The molecule has 0 atom stereocenters. The van der Waals surface area contributed by atoms with Gasteiger partial charge in [0.15, 0.2) is 5.82 Å². The van der Waals surface area contributed by atoms with Crippen LogP contribution < -0.4 is 4.90 Å². The van der Waals surface area contributed by atoms with E-state index in [9.17, 15) is 8.78 Å². The number of anilines is 1. The van der Waals surface area contributed by atoms with Crippen LogP contribution in [0.3, 0.4) is 0 Å². The Morgan fingerprint density at radius 3 is 2.40 bits per heavy atom. The monoisotopic (exact) mass is 280 g/mol. The molecule has 0 bridgehead atoms. The minimum absolute atomic E-state index is 0.421. The lowest BCUT2D eigenvalue weighted by Crippen LogP contribution is -2.29. The van der Waals surface area contributed by atoms with Crippen LogP contribution in [0.5, 0.6) is 0 Å². The Morgan fingerprint density at radius 2 is 1.75 bits per heavy atom. The average molecular weight is 280 g/mol.